The maximum atomic E-state index is 13.9. The Bertz CT molecular complexity index is 1390. The molecule has 2 heterocycles. The molecule has 7 nitrogen and oxygen atoms in total. The lowest BCUT2D eigenvalue weighted by molar-refractivity contribution is -0.127. The highest BCUT2D eigenvalue weighted by molar-refractivity contribution is 6.37. The average Bonchev–Trinajstić information content (AvgIpc) is 3.45. The molecule has 0 unspecified atom stereocenters. The Labute approximate surface area is 207 Å². The molecule has 2 saturated heterocycles. The van der Waals surface area contributed by atoms with Crippen molar-refractivity contribution in [1.82, 2.24) is 0 Å². The first-order valence-corrected chi connectivity index (χ1v) is 11.9. The smallest absolute Gasteiger partial charge is 0.241 e. The van der Waals surface area contributed by atoms with Gasteiger partial charge in [0.2, 0.25) is 29.0 Å². The first-order chi connectivity index (χ1) is 17.4. The first-order valence-electron chi connectivity index (χ1n) is 11.9. The number of ketones is 2. The van der Waals surface area contributed by atoms with Gasteiger partial charge in [0, 0.05) is 11.1 Å². The van der Waals surface area contributed by atoms with Gasteiger partial charge in [-0.05, 0) is 43.7 Å². The number of ether oxygens (including phenoxy) is 2. The molecule has 180 valence electrons. The molecule has 36 heavy (non-hydrogen) atoms. The van der Waals surface area contributed by atoms with Gasteiger partial charge in [0.15, 0.2) is 0 Å². The number of benzene rings is 3. The second kappa shape index (κ2) is 7.96. The maximum absolute atomic E-state index is 13.9. The topological polar surface area (TPSA) is 90.0 Å². The minimum atomic E-state index is -2.08. The Balaban J connectivity index is 1.50. The summed E-state index contributed by atoms with van der Waals surface area (Å²) in [5, 5.41) is 0. The van der Waals surface area contributed by atoms with E-state index in [0.717, 1.165) is 10.5 Å². The summed E-state index contributed by atoms with van der Waals surface area (Å²) in [5.41, 5.74) is 0.311. The minimum Gasteiger partial charge on any atom is -0.494 e. The molecule has 0 radical (unpaired) electrons. The van der Waals surface area contributed by atoms with E-state index in [9.17, 15) is 19.2 Å². The second-order valence-corrected chi connectivity index (χ2v) is 9.33. The van der Waals surface area contributed by atoms with Crippen LogP contribution in [0.5, 0.6) is 5.75 Å². The van der Waals surface area contributed by atoms with E-state index in [4.69, 9.17) is 9.47 Å². The van der Waals surface area contributed by atoms with Gasteiger partial charge in [-0.3, -0.25) is 19.2 Å². The maximum Gasteiger partial charge on any atom is 0.241 e. The van der Waals surface area contributed by atoms with E-state index in [1.807, 2.05) is 26.0 Å². The summed E-state index contributed by atoms with van der Waals surface area (Å²) in [6.07, 6.45) is -0.959. The summed E-state index contributed by atoms with van der Waals surface area (Å²) in [6.45, 7) is 4.27. The number of carbonyl (C=O) groups is 4. The summed E-state index contributed by atoms with van der Waals surface area (Å²) < 4.78 is 11.8. The van der Waals surface area contributed by atoms with Crippen LogP contribution in [0.25, 0.3) is 0 Å². The van der Waals surface area contributed by atoms with E-state index in [2.05, 4.69) is 0 Å². The molecule has 0 saturated carbocycles. The largest absolute Gasteiger partial charge is 0.494 e. The van der Waals surface area contributed by atoms with Gasteiger partial charge < -0.3 is 9.47 Å². The fraction of sp³-hybridized carbons (Fsp3) is 0.241. The monoisotopic (exact) mass is 481 g/mol. The fourth-order valence-electron chi connectivity index (χ4n) is 5.69. The van der Waals surface area contributed by atoms with Crippen LogP contribution in [0.15, 0.2) is 72.8 Å². The van der Waals surface area contributed by atoms with E-state index < -0.39 is 46.9 Å². The summed E-state index contributed by atoms with van der Waals surface area (Å²) in [7, 11) is 0. The highest BCUT2D eigenvalue weighted by Gasteiger charge is 2.74. The number of amides is 2. The Morgan fingerprint density at radius 1 is 0.833 bits per heavy atom. The molecule has 1 aliphatic carbocycles. The van der Waals surface area contributed by atoms with Crippen LogP contribution in [0.3, 0.4) is 0 Å². The van der Waals surface area contributed by atoms with E-state index in [1.165, 1.54) is 0 Å². The summed E-state index contributed by atoms with van der Waals surface area (Å²) in [5.74, 6) is -3.88. The number of imide groups is 1. The van der Waals surface area contributed by atoms with Crippen LogP contribution in [0.2, 0.25) is 0 Å². The fourth-order valence-corrected chi connectivity index (χ4v) is 5.69. The van der Waals surface area contributed by atoms with Crippen molar-refractivity contribution in [2.45, 2.75) is 25.6 Å². The molecule has 3 aromatic rings. The molecular weight excluding hydrogens is 458 g/mol. The number of nitrogens with zero attached hydrogens (tertiary/aromatic N) is 1. The van der Waals surface area contributed by atoms with Crippen LogP contribution in [0.4, 0.5) is 5.69 Å². The van der Waals surface area contributed by atoms with Crippen LogP contribution in [-0.4, -0.2) is 35.6 Å². The van der Waals surface area contributed by atoms with Crippen LogP contribution >= 0.6 is 0 Å². The predicted octanol–water partition coefficient (Wildman–Crippen LogP) is 4.09. The quantitative estimate of drug-likeness (QED) is 0.412. The van der Waals surface area contributed by atoms with E-state index >= 15 is 0 Å². The SMILES string of the molecule is CCOc1ccc([C@@H]2OC3(C(=O)c4ccccc4C3=O)[C@H]3C(=O)N(c4ccc(C)cc4)C(=O)[C@@H]23)cc1. The Morgan fingerprint density at radius 2 is 1.44 bits per heavy atom. The zero-order chi connectivity index (χ0) is 25.2. The highest BCUT2D eigenvalue weighted by Crippen LogP contribution is 2.57. The van der Waals surface area contributed by atoms with Crippen LogP contribution in [0, 0.1) is 18.8 Å². The predicted molar refractivity (Wildman–Crippen MR) is 130 cm³/mol. The number of carbonyl (C=O) groups excluding carboxylic acids is 4. The third kappa shape index (κ3) is 2.89. The van der Waals surface area contributed by atoms with Crippen molar-refractivity contribution in [2.24, 2.45) is 11.8 Å². The standard InChI is InChI=1S/C29H23NO6/c1-3-35-19-14-10-17(11-15-19)24-22-23(28(34)30(27(22)33)18-12-8-16(2)9-13-18)29(36-24)25(31)20-6-4-5-7-21(20)26(29)32/h4-15,22-24H,3H2,1-2H3/t22-,23-,24+/m1/s1. The lowest BCUT2D eigenvalue weighted by Crippen LogP contribution is -2.51. The molecule has 3 atom stereocenters. The van der Waals surface area contributed by atoms with E-state index in [1.54, 1.807) is 60.7 Å². The molecule has 2 fully saturated rings. The second-order valence-electron chi connectivity index (χ2n) is 9.33. The summed E-state index contributed by atoms with van der Waals surface area (Å²) in [6, 6.07) is 20.4. The number of anilines is 1. The number of hydrogen-bond acceptors (Lipinski definition) is 6. The zero-order valence-corrected chi connectivity index (χ0v) is 19.8. The average molecular weight is 482 g/mol. The molecule has 1 spiro atoms. The van der Waals surface area contributed by atoms with Crippen molar-refractivity contribution in [3.63, 3.8) is 0 Å². The van der Waals surface area contributed by atoms with Gasteiger partial charge >= 0.3 is 0 Å². The Morgan fingerprint density at radius 3 is 2.03 bits per heavy atom. The van der Waals surface area contributed by atoms with E-state index in [0.29, 0.717) is 23.6 Å². The molecular formula is C29H23NO6. The number of fused-ring (bicyclic) bond motifs is 3. The molecule has 2 aliphatic heterocycles. The third-order valence-electron chi connectivity index (χ3n) is 7.33. The van der Waals surface area contributed by atoms with Crippen LogP contribution in [0.1, 0.15) is 44.9 Å². The lowest BCUT2D eigenvalue weighted by Gasteiger charge is -2.27. The van der Waals surface area contributed by atoms with Gasteiger partial charge in [0.25, 0.3) is 0 Å². The summed E-state index contributed by atoms with van der Waals surface area (Å²) in [4.78, 5) is 56.4. The molecule has 0 bridgehead atoms. The first kappa shape index (κ1) is 22.4. The van der Waals surface area contributed by atoms with Gasteiger partial charge in [0.1, 0.15) is 5.75 Å². The Hall–Kier alpha value is -4.10. The van der Waals surface area contributed by atoms with Crippen LogP contribution in [-0.2, 0) is 14.3 Å². The molecule has 7 heteroatoms. The zero-order valence-electron chi connectivity index (χ0n) is 19.8. The minimum absolute atomic E-state index is 0.211. The lowest BCUT2D eigenvalue weighted by atomic mass is 9.77. The molecule has 0 N–H and O–H groups in total. The van der Waals surface area contributed by atoms with Gasteiger partial charge in [-0.1, -0.05) is 54.1 Å². The normalized spacial score (nSPS) is 23.9. The van der Waals surface area contributed by atoms with Crippen molar-refractivity contribution < 1.29 is 28.7 Å². The van der Waals surface area contributed by atoms with Crippen molar-refractivity contribution in [3.05, 3.63) is 95.1 Å². The highest BCUT2D eigenvalue weighted by atomic mass is 16.5. The van der Waals surface area contributed by atoms with Gasteiger partial charge in [-0.2, -0.15) is 0 Å². The molecule has 2 amide bonds. The molecule has 6 rings (SSSR count). The molecule has 3 aliphatic rings. The molecule has 3 aromatic carbocycles. The number of hydrogen-bond donors (Lipinski definition) is 0. The number of rotatable bonds is 4. The van der Waals surface area contributed by atoms with Gasteiger partial charge in [0.05, 0.1) is 30.2 Å². The van der Waals surface area contributed by atoms with Gasteiger partial charge in [-0.15, -0.1) is 0 Å². The number of aryl methyl sites for hydroxylation is 1. The third-order valence-corrected chi connectivity index (χ3v) is 7.33. The van der Waals surface area contributed by atoms with Crippen molar-refractivity contribution in [3.8, 4) is 5.75 Å². The molecule has 0 aromatic heterocycles. The van der Waals surface area contributed by atoms with E-state index in [-0.39, 0.29) is 11.1 Å². The number of Topliss-reactive ketones (excluding diaryl/α,β-unsaturated/α-hetero) is 2. The van der Waals surface area contributed by atoms with Crippen molar-refractivity contribution in [1.29, 1.82) is 0 Å². The van der Waals surface area contributed by atoms with Crippen molar-refractivity contribution in [2.75, 3.05) is 11.5 Å². The Kier molecular flexibility index (Phi) is 4.95. The summed E-state index contributed by atoms with van der Waals surface area (Å²) >= 11 is 0. The van der Waals surface area contributed by atoms with Crippen molar-refractivity contribution >= 4 is 29.1 Å². The van der Waals surface area contributed by atoms with Crippen LogP contribution < -0.4 is 9.64 Å². The van der Waals surface area contributed by atoms with Gasteiger partial charge in [-0.25, -0.2) is 4.90 Å².